The van der Waals surface area contributed by atoms with Gasteiger partial charge in [-0.2, -0.15) is 11.8 Å². The predicted molar refractivity (Wildman–Crippen MR) is 71.9 cm³/mol. The Labute approximate surface area is 103 Å². The third kappa shape index (κ3) is 2.02. The number of anilines is 1. The number of nitrogens with zero attached hydrogens (tertiary/aromatic N) is 2. The van der Waals surface area contributed by atoms with Gasteiger partial charge in [-0.05, 0) is 12.1 Å². The van der Waals surface area contributed by atoms with Crippen LogP contribution in [-0.4, -0.2) is 34.6 Å². The van der Waals surface area contributed by atoms with E-state index in [0.29, 0.717) is 5.82 Å². The Morgan fingerprint density at radius 3 is 2.82 bits per heavy atom. The molecule has 88 valence electrons. The van der Waals surface area contributed by atoms with E-state index in [1.807, 2.05) is 36.0 Å². The molecule has 1 N–H and O–H groups in total. The summed E-state index contributed by atoms with van der Waals surface area (Å²) in [5, 5.41) is 0. The van der Waals surface area contributed by atoms with Gasteiger partial charge >= 0.3 is 0 Å². The van der Waals surface area contributed by atoms with Crippen LogP contribution < -0.4 is 10.5 Å². The largest absolute Gasteiger partial charge is 0.350 e. The number of hydrogen-bond acceptors (Lipinski definition) is 4. The fourth-order valence-corrected chi connectivity index (χ4v) is 2.91. The molecule has 4 nitrogen and oxygen atoms in total. The molecule has 0 saturated carbocycles. The third-order valence-corrected chi connectivity index (χ3v) is 3.83. The van der Waals surface area contributed by atoms with Crippen molar-refractivity contribution in [1.29, 1.82) is 0 Å². The van der Waals surface area contributed by atoms with Gasteiger partial charge in [-0.1, -0.05) is 12.1 Å². The van der Waals surface area contributed by atoms with Crippen molar-refractivity contribution in [2.24, 2.45) is 0 Å². The molecule has 0 unspecified atom stereocenters. The van der Waals surface area contributed by atoms with Gasteiger partial charge in [0.2, 0.25) is 0 Å². The van der Waals surface area contributed by atoms with Gasteiger partial charge < -0.3 is 9.88 Å². The molecular formula is C12H13N3OS. The van der Waals surface area contributed by atoms with Gasteiger partial charge in [0.25, 0.3) is 5.56 Å². The standard InChI is InChI=1S/C12H13N3OS/c16-12-11(15-5-7-17-8-6-15)13-9-3-1-2-4-10(9)14-12/h1-4H,5-8H2,(H,14,16). The van der Waals surface area contributed by atoms with Gasteiger partial charge in [-0.15, -0.1) is 0 Å². The van der Waals surface area contributed by atoms with Gasteiger partial charge in [-0.25, -0.2) is 4.98 Å². The topological polar surface area (TPSA) is 49.0 Å². The van der Waals surface area contributed by atoms with Crippen molar-refractivity contribution >= 4 is 28.6 Å². The van der Waals surface area contributed by atoms with Crippen LogP contribution in [0.5, 0.6) is 0 Å². The first-order valence-electron chi connectivity index (χ1n) is 5.66. The highest BCUT2D eigenvalue weighted by molar-refractivity contribution is 7.99. The smallest absolute Gasteiger partial charge is 0.291 e. The van der Waals surface area contributed by atoms with E-state index in [9.17, 15) is 4.79 Å². The Kier molecular flexibility index (Phi) is 2.76. The second kappa shape index (κ2) is 4.41. The molecule has 2 aromatic rings. The molecule has 17 heavy (non-hydrogen) atoms. The lowest BCUT2D eigenvalue weighted by atomic mass is 10.3. The lowest BCUT2D eigenvalue weighted by Crippen LogP contribution is -2.37. The highest BCUT2D eigenvalue weighted by Gasteiger charge is 2.16. The molecule has 3 rings (SSSR count). The zero-order valence-electron chi connectivity index (χ0n) is 9.35. The number of H-pyrrole nitrogens is 1. The third-order valence-electron chi connectivity index (χ3n) is 2.89. The number of fused-ring (bicyclic) bond motifs is 1. The van der Waals surface area contributed by atoms with Crippen molar-refractivity contribution in [1.82, 2.24) is 9.97 Å². The first kappa shape index (κ1) is 10.7. The summed E-state index contributed by atoms with van der Waals surface area (Å²) in [6, 6.07) is 7.63. The Balaban J connectivity index is 2.09. The van der Waals surface area contributed by atoms with Gasteiger partial charge in [0.1, 0.15) is 0 Å². The summed E-state index contributed by atoms with van der Waals surface area (Å²) in [4.78, 5) is 21.4. The van der Waals surface area contributed by atoms with Gasteiger partial charge in [0.05, 0.1) is 11.0 Å². The molecule has 1 aliphatic rings. The predicted octanol–water partition coefficient (Wildman–Crippen LogP) is 1.48. The minimum atomic E-state index is -0.0874. The van der Waals surface area contributed by atoms with Gasteiger partial charge in [0, 0.05) is 24.6 Å². The van der Waals surface area contributed by atoms with Crippen molar-refractivity contribution in [2.75, 3.05) is 29.5 Å². The average Bonchev–Trinajstić information content (AvgIpc) is 2.39. The Bertz CT molecular complexity index is 590. The SMILES string of the molecule is O=c1[nH]c2ccccc2nc1N1CCSCC1. The molecule has 1 saturated heterocycles. The molecule has 1 fully saturated rings. The second-order valence-electron chi connectivity index (χ2n) is 4.01. The average molecular weight is 247 g/mol. The number of aromatic nitrogens is 2. The number of para-hydroxylation sites is 2. The highest BCUT2D eigenvalue weighted by atomic mass is 32.2. The fourth-order valence-electron chi connectivity index (χ4n) is 2.01. The van der Waals surface area contributed by atoms with Crippen LogP contribution in [0, 0.1) is 0 Å². The van der Waals surface area contributed by atoms with Crippen LogP contribution >= 0.6 is 11.8 Å². The molecule has 1 aromatic carbocycles. The van der Waals surface area contributed by atoms with E-state index in [1.54, 1.807) is 0 Å². The molecule has 0 amide bonds. The van der Waals surface area contributed by atoms with E-state index in [-0.39, 0.29) is 5.56 Å². The van der Waals surface area contributed by atoms with Crippen LogP contribution in [0.2, 0.25) is 0 Å². The molecule has 0 radical (unpaired) electrons. The zero-order valence-corrected chi connectivity index (χ0v) is 10.2. The minimum absolute atomic E-state index is 0.0874. The molecule has 5 heteroatoms. The molecular weight excluding hydrogens is 234 g/mol. The van der Waals surface area contributed by atoms with Crippen LogP contribution in [-0.2, 0) is 0 Å². The molecule has 0 spiro atoms. The van der Waals surface area contributed by atoms with E-state index < -0.39 is 0 Å². The van der Waals surface area contributed by atoms with Crippen molar-refractivity contribution < 1.29 is 0 Å². The quantitative estimate of drug-likeness (QED) is 0.829. The summed E-state index contributed by atoms with van der Waals surface area (Å²) in [6.45, 7) is 1.80. The first-order valence-corrected chi connectivity index (χ1v) is 6.82. The fraction of sp³-hybridized carbons (Fsp3) is 0.333. The van der Waals surface area contributed by atoms with Crippen molar-refractivity contribution in [3.8, 4) is 0 Å². The van der Waals surface area contributed by atoms with E-state index in [2.05, 4.69) is 14.9 Å². The normalized spacial score (nSPS) is 16.4. The molecule has 0 bridgehead atoms. The maximum absolute atomic E-state index is 12.0. The summed E-state index contributed by atoms with van der Waals surface area (Å²) in [5.41, 5.74) is 1.56. The Hall–Kier alpha value is -1.49. The zero-order chi connectivity index (χ0) is 11.7. The van der Waals surface area contributed by atoms with Crippen LogP contribution in [0.25, 0.3) is 11.0 Å². The summed E-state index contributed by atoms with van der Waals surface area (Å²) >= 11 is 1.92. The highest BCUT2D eigenvalue weighted by Crippen LogP contribution is 2.15. The molecule has 0 atom stereocenters. The Morgan fingerprint density at radius 1 is 1.24 bits per heavy atom. The van der Waals surface area contributed by atoms with Crippen LogP contribution in [0.15, 0.2) is 29.1 Å². The number of thioether (sulfide) groups is 1. The number of benzene rings is 1. The maximum Gasteiger partial charge on any atom is 0.291 e. The first-order chi connectivity index (χ1) is 8.34. The van der Waals surface area contributed by atoms with E-state index in [0.717, 1.165) is 35.6 Å². The lowest BCUT2D eigenvalue weighted by molar-refractivity contribution is 0.832. The van der Waals surface area contributed by atoms with Crippen LogP contribution in [0.1, 0.15) is 0 Å². The van der Waals surface area contributed by atoms with Crippen molar-refractivity contribution in [2.45, 2.75) is 0 Å². The maximum atomic E-state index is 12.0. The second-order valence-corrected chi connectivity index (χ2v) is 5.23. The molecule has 1 aliphatic heterocycles. The van der Waals surface area contributed by atoms with Crippen LogP contribution in [0.4, 0.5) is 5.82 Å². The van der Waals surface area contributed by atoms with Crippen molar-refractivity contribution in [3.05, 3.63) is 34.6 Å². The minimum Gasteiger partial charge on any atom is -0.350 e. The lowest BCUT2D eigenvalue weighted by Gasteiger charge is -2.26. The summed E-state index contributed by atoms with van der Waals surface area (Å²) in [7, 11) is 0. The molecule has 1 aromatic heterocycles. The summed E-state index contributed by atoms with van der Waals surface area (Å²) in [5.74, 6) is 2.69. The molecule has 2 heterocycles. The molecule has 0 aliphatic carbocycles. The van der Waals surface area contributed by atoms with Crippen molar-refractivity contribution in [3.63, 3.8) is 0 Å². The summed E-state index contributed by atoms with van der Waals surface area (Å²) in [6.07, 6.45) is 0. The number of aromatic amines is 1. The van der Waals surface area contributed by atoms with Crippen LogP contribution in [0.3, 0.4) is 0 Å². The van der Waals surface area contributed by atoms with E-state index >= 15 is 0 Å². The van der Waals surface area contributed by atoms with E-state index in [1.165, 1.54) is 0 Å². The van der Waals surface area contributed by atoms with E-state index in [4.69, 9.17) is 0 Å². The van der Waals surface area contributed by atoms with Gasteiger partial charge in [0.15, 0.2) is 5.82 Å². The Morgan fingerprint density at radius 2 is 2.00 bits per heavy atom. The monoisotopic (exact) mass is 247 g/mol. The number of rotatable bonds is 1. The number of hydrogen-bond donors (Lipinski definition) is 1. The van der Waals surface area contributed by atoms with Gasteiger partial charge in [-0.3, -0.25) is 4.79 Å². The summed E-state index contributed by atoms with van der Waals surface area (Å²) < 4.78 is 0. The number of nitrogens with one attached hydrogen (secondary N) is 1.